The van der Waals surface area contributed by atoms with E-state index in [1.54, 1.807) is 26.0 Å². The lowest BCUT2D eigenvalue weighted by molar-refractivity contribution is -0.137. The number of rotatable bonds is 2. The molecule has 1 aromatic carbocycles. The van der Waals surface area contributed by atoms with Crippen LogP contribution >= 0.6 is 0 Å². The molecule has 0 aliphatic heterocycles. The Labute approximate surface area is 129 Å². The van der Waals surface area contributed by atoms with Gasteiger partial charge in [0.2, 0.25) is 0 Å². The highest BCUT2D eigenvalue weighted by molar-refractivity contribution is 6.00. The number of fused-ring (bicyclic) bond motifs is 3. The average Bonchev–Trinajstić information content (AvgIpc) is 2.82. The van der Waals surface area contributed by atoms with Crippen LogP contribution in [0.15, 0.2) is 30.3 Å². The van der Waals surface area contributed by atoms with Gasteiger partial charge in [-0.1, -0.05) is 6.07 Å². The van der Waals surface area contributed by atoms with Crippen LogP contribution in [0, 0.1) is 6.92 Å². The SMILES string of the molecule is CCOC(=O)c1c(C)nn2c1ccc1cc(C(F)(F)F)ccc12. The van der Waals surface area contributed by atoms with Crippen molar-refractivity contribution in [2.45, 2.75) is 20.0 Å². The minimum absolute atomic E-state index is 0.234. The van der Waals surface area contributed by atoms with Gasteiger partial charge in [-0.2, -0.15) is 18.3 Å². The molecule has 0 aliphatic carbocycles. The van der Waals surface area contributed by atoms with Crippen molar-refractivity contribution in [3.63, 3.8) is 0 Å². The fourth-order valence-corrected chi connectivity index (χ4v) is 2.56. The summed E-state index contributed by atoms with van der Waals surface area (Å²) in [6, 6.07) is 6.55. The molecular formula is C16H13F3N2O2. The number of alkyl halides is 3. The number of halogens is 3. The lowest BCUT2D eigenvalue weighted by atomic mass is 10.1. The molecule has 0 atom stereocenters. The summed E-state index contributed by atoms with van der Waals surface area (Å²) in [6.45, 7) is 3.60. The van der Waals surface area contributed by atoms with E-state index in [2.05, 4.69) is 5.10 Å². The first-order chi connectivity index (χ1) is 10.8. The van der Waals surface area contributed by atoms with E-state index in [4.69, 9.17) is 4.74 Å². The number of hydrogen-bond donors (Lipinski definition) is 0. The van der Waals surface area contributed by atoms with Crippen molar-refractivity contribution in [1.29, 1.82) is 0 Å². The van der Waals surface area contributed by atoms with Crippen LogP contribution in [0.3, 0.4) is 0 Å². The second-order valence-corrected chi connectivity index (χ2v) is 5.08. The largest absolute Gasteiger partial charge is 0.462 e. The maximum atomic E-state index is 12.8. The van der Waals surface area contributed by atoms with Crippen LogP contribution in [0.25, 0.3) is 16.4 Å². The summed E-state index contributed by atoms with van der Waals surface area (Å²) >= 11 is 0. The summed E-state index contributed by atoms with van der Waals surface area (Å²) in [7, 11) is 0. The Morgan fingerprint density at radius 1 is 1.22 bits per heavy atom. The van der Waals surface area contributed by atoms with Crippen LogP contribution in [-0.2, 0) is 10.9 Å². The van der Waals surface area contributed by atoms with Crippen LogP contribution in [-0.4, -0.2) is 22.2 Å². The van der Waals surface area contributed by atoms with E-state index in [1.807, 2.05) is 0 Å². The summed E-state index contributed by atoms with van der Waals surface area (Å²) in [5.41, 5.74) is 1.07. The monoisotopic (exact) mass is 322 g/mol. The molecule has 0 spiro atoms. The third-order valence-electron chi connectivity index (χ3n) is 3.58. The third kappa shape index (κ3) is 2.52. The van der Waals surface area contributed by atoms with Crippen LogP contribution in [0.2, 0.25) is 0 Å². The van der Waals surface area contributed by atoms with E-state index >= 15 is 0 Å². The van der Waals surface area contributed by atoms with Gasteiger partial charge in [-0.3, -0.25) is 0 Å². The van der Waals surface area contributed by atoms with Crippen molar-refractivity contribution in [3.05, 3.63) is 47.2 Å². The Morgan fingerprint density at radius 2 is 1.91 bits per heavy atom. The highest BCUT2D eigenvalue weighted by Crippen LogP contribution is 2.32. The van der Waals surface area contributed by atoms with Crippen LogP contribution in [0.4, 0.5) is 13.2 Å². The molecule has 2 aromatic heterocycles. The number of ether oxygens (including phenoxy) is 1. The standard InChI is InChI=1S/C16H13F3N2O2/c1-3-23-15(22)14-9(2)20-21-12-7-5-11(16(17,18)19)8-10(12)4-6-13(14)21/h4-8H,3H2,1-2H3. The second kappa shape index (κ2) is 5.26. The van der Waals surface area contributed by atoms with E-state index in [-0.39, 0.29) is 6.61 Å². The first-order valence-electron chi connectivity index (χ1n) is 6.99. The Hall–Kier alpha value is -2.57. The number of hydrogen-bond acceptors (Lipinski definition) is 3. The molecule has 0 amide bonds. The molecule has 0 unspecified atom stereocenters. The average molecular weight is 322 g/mol. The minimum atomic E-state index is -4.40. The number of carbonyl (C=O) groups excluding carboxylic acids is 1. The Kier molecular flexibility index (Phi) is 3.50. The second-order valence-electron chi connectivity index (χ2n) is 5.08. The highest BCUT2D eigenvalue weighted by atomic mass is 19.4. The van der Waals surface area contributed by atoms with Gasteiger partial charge in [0.25, 0.3) is 0 Å². The van der Waals surface area contributed by atoms with Gasteiger partial charge in [0.15, 0.2) is 0 Å². The molecule has 0 N–H and O–H groups in total. The number of carbonyl (C=O) groups is 1. The van der Waals surface area contributed by atoms with Crippen molar-refractivity contribution in [3.8, 4) is 0 Å². The smallest absolute Gasteiger partial charge is 0.416 e. The fourth-order valence-electron chi connectivity index (χ4n) is 2.56. The summed E-state index contributed by atoms with van der Waals surface area (Å²) in [6.07, 6.45) is -4.40. The zero-order chi connectivity index (χ0) is 16.8. The lowest BCUT2D eigenvalue weighted by Crippen LogP contribution is -2.06. The normalized spacial score (nSPS) is 12.0. The number of pyridine rings is 1. The Bertz CT molecular complexity index is 913. The number of aromatic nitrogens is 2. The first kappa shape index (κ1) is 15.3. The van der Waals surface area contributed by atoms with Crippen LogP contribution in [0.1, 0.15) is 28.5 Å². The molecule has 0 fully saturated rings. The predicted molar refractivity (Wildman–Crippen MR) is 78.4 cm³/mol. The lowest BCUT2D eigenvalue weighted by Gasteiger charge is -2.08. The molecule has 2 heterocycles. The number of benzene rings is 1. The van der Waals surface area contributed by atoms with E-state index in [0.29, 0.717) is 27.7 Å². The molecule has 0 aliphatic rings. The molecular weight excluding hydrogens is 309 g/mol. The highest BCUT2D eigenvalue weighted by Gasteiger charge is 2.30. The summed E-state index contributed by atoms with van der Waals surface area (Å²) in [5.74, 6) is -0.494. The molecule has 23 heavy (non-hydrogen) atoms. The van der Waals surface area contributed by atoms with Crippen LogP contribution < -0.4 is 0 Å². The Balaban J connectivity index is 2.25. The molecule has 120 valence electrons. The first-order valence-corrected chi connectivity index (χ1v) is 6.99. The van der Waals surface area contributed by atoms with E-state index < -0.39 is 17.7 Å². The van der Waals surface area contributed by atoms with Crippen molar-refractivity contribution in [2.75, 3.05) is 6.61 Å². The van der Waals surface area contributed by atoms with Gasteiger partial charge in [-0.25, -0.2) is 9.31 Å². The van der Waals surface area contributed by atoms with Gasteiger partial charge >= 0.3 is 12.1 Å². The summed E-state index contributed by atoms with van der Waals surface area (Å²) in [4.78, 5) is 12.0. The number of nitrogens with zero attached hydrogens (tertiary/aromatic N) is 2. The molecule has 3 rings (SSSR count). The van der Waals surface area contributed by atoms with Crippen LogP contribution in [0.5, 0.6) is 0 Å². The van der Waals surface area contributed by atoms with Crippen molar-refractivity contribution in [2.24, 2.45) is 0 Å². The number of esters is 1. The molecule has 3 aromatic rings. The fraction of sp³-hybridized carbons (Fsp3) is 0.250. The molecule has 0 saturated carbocycles. The van der Waals surface area contributed by atoms with Crippen molar-refractivity contribution in [1.82, 2.24) is 9.61 Å². The molecule has 0 saturated heterocycles. The van der Waals surface area contributed by atoms with Crippen molar-refractivity contribution >= 4 is 22.4 Å². The Morgan fingerprint density at radius 3 is 2.57 bits per heavy atom. The topological polar surface area (TPSA) is 43.6 Å². The van der Waals surface area contributed by atoms with Gasteiger partial charge in [-0.15, -0.1) is 0 Å². The zero-order valence-electron chi connectivity index (χ0n) is 12.4. The predicted octanol–water partition coefficient (Wildman–Crippen LogP) is 3.99. The third-order valence-corrected chi connectivity index (χ3v) is 3.58. The maximum Gasteiger partial charge on any atom is 0.416 e. The van der Waals surface area contributed by atoms with Gasteiger partial charge in [0.05, 0.1) is 28.9 Å². The van der Waals surface area contributed by atoms with Crippen molar-refractivity contribution < 1.29 is 22.7 Å². The molecule has 4 nitrogen and oxygen atoms in total. The zero-order valence-corrected chi connectivity index (χ0v) is 12.4. The van der Waals surface area contributed by atoms with Gasteiger partial charge in [0, 0.05) is 5.39 Å². The number of aryl methyl sites for hydroxylation is 1. The molecule has 0 bridgehead atoms. The van der Waals surface area contributed by atoms with E-state index in [1.165, 1.54) is 10.6 Å². The van der Waals surface area contributed by atoms with Gasteiger partial charge in [-0.05, 0) is 38.1 Å². The minimum Gasteiger partial charge on any atom is -0.462 e. The van der Waals surface area contributed by atoms with E-state index in [0.717, 1.165) is 12.1 Å². The quantitative estimate of drug-likeness (QED) is 0.670. The maximum absolute atomic E-state index is 12.8. The van der Waals surface area contributed by atoms with Gasteiger partial charge in [0.1, 0.15) is 5.56 Å². The molecule has 0 radical (unpaired) electrons. The van der Waals surface area contributed by atoms with E-state index in [9.17, 15) is 18.0 Å². The molecule has 7 heteroatoms. The summed E-state index contributed by atoms with van der Waals surface area (Å²) < 4.78 is 44.9. The van der Waals surface area contributed by atoms with Gasteiger partial charge < -0.3 is 4.74 Å². The summed E-state index contributed by atoms with van der Waals surface area (Å²) in [5, 5.41) is 4.66.